The van der Waals surface area contributed by atoms with E-state index in [0.717, 1.165) is 11.1 Å². The molecule has 1 unspecified atom stereocenters. The van der Waals surface area contributed by atoms with E-state index in [9.17, 15) is 10.1 Å². The van der Waals surface area contributed by atoms with Crippen LogP contribution in [0, 0.1) is 11.3 Å². The number of ether oxygens (including phenoxy) is 2. The number of halogens is 2. The average molecular weight is 438 g/mol. The van der Waals surface area contributed by atoms with Crippen molar-refractivity contribution in [3.63, 3.8) is 0 Å². The van der Waals surface area contributed by atoms with Gasteiger partial charge in [0.15, 0.2) is 0 Å². The highest BCUT2D eigenvalue weighted by Crippen LogP contribution is 2.43. The normalized spacial score (nSPS) is 15.0. The third-order valence-corrected chi connectivity index (χ3v) is 5.14. The minimum atomic E-state index is -0.640. The first kappa shape index (κ1) is 19.8. The predicted molar refractivity (Wildman–Crippen MR) is 111 cm³/mol. The molecule has 0 saturated heterocycles. The Labute approximate surface area is 182 Å². The van der Waals surface area contributed by atoms with Crippen molar-refractivity contribution in [1.82, 2.24) is 4.98 Å². The molecule has 0 spiro atoms. The minimum absolute atomic E-state index is 0.00367. The van der Waals surface area contributed by atoms with E-state index in [0.29, 0.717) is 16.3 Å². The van der Waals surface area contributed by atoms with Crippen LogP contribution in [0.15, 0.2) is 72.4 Å². The van der Waals surface area contributed by atoms with E-state index < -0.39 is 11.9 Å². The summed E-state index contributed by atoms with van der Waals surface area (Å²) in [6.45, 7) is 0. The molecule has 1 atom stereocenters. The lowest BCUT2D eigenvalue weighted by molar-refractivity contribution is 0.0734. The first-order valence-corrected chi connectivity index (χ1v) is 9.52. The number of allylic oxidation sites excluding steroid dienone is 1. The van der Waals surface area contributed by atoms with Crippen molar-refractivity contribution < 1.29 is 14.3 Å². The minimum Gasteiger partial charge on any atom is -0.440 e. The number of carbonyl (C=O) groups is 1. The maximum atomic E-state index is 12.5. The number of benzene rings is 2. The van der Waals surface area contributed by atoms with E-state index in [-0.39, 0.29) is 22.2 Å². The second kappa shape index (κ2) is 8.07. The van der Waals surface area contributed by atoms with Crippen LogP contribution in [-0.2, 0) is 0 Å². The molecule has 3 aromatic rings. The summed E-state index contributed by atoms with van der Waals surface area (Å²) in [5, 5.41) is 10.2. The van der Waals surface area contributed by atoms with E-state index in [2.05, 4.69) is 11.1 Å². The summed E-state index contributed by atoms with van der Waals surface area (Å²) in [4.78, 5) is 16.5. The van der Waals surface area contributed by atoms with Crippen molar-refractivity contribution in [2.75, 3.05) is 0 Å². The second-order valence-corrected chi connectivity index (χ2v) is 7.26. The van der Waals surface area contributed by atoms with Gasteiger partial charge in [0.25, 0.3) is 0 Å². The molecule has 0 aliphatic carbocycles. The Bertz CT molecular complexity index is 1220. The highest BCUT2D eigenvalue weighted by Gasteiger charge is 2.31. The molecule has 0 saturated carbocycles. The van der Waals surface area contributed by atoms with Crippen molar-refractivity contribution >= 4 is 29.2 Å². The number of pyridine rings is 1. The van der Waals surface area contributed by atoms with Crippen LogP contribution in [0.1, 0.15) is 27.4 Å². The molecule has 4 rings (SSSR count). The fourth-order valence-corrected chi connectivity index (χ4v) is 3.70. The van der Waals surface area contributed by atoms with Crippen LogP contribution in [0.5, 0.6) is 11.5 Å². The molecule has 0 radical (unpaired) electrons. The number of nitriles is 1. The molecule has 30 heavy (non-hydrogen) atoms. The zero-order chi connectivity index (χ0) is 21.3. The third-order valence-electron chi connectivity index (χ3n) is 4.59. The predicted octanol–water partition coefficient (Wildman–Crippen LogP) is 4.83. The summed E-state index contributed by atoms with van der Waals surface area (Å²) in [5.41, 5.74) is 8.03. The maximum absolute atomic E-state index is 12.5. The van der Waals surface area contributed by atoms with Gasteiger partial charge in [-0.1, -0.05) is 29.3 Å². The molecule has 6 nitrogen and oxygen atoms in total. The van der Waals surface area contributed by atoms with Crippen molar-refractivity contribution in [3.05, 3.63) is 99.1 Å². The molecule has 0 bridgehead atoms. The molecule has 1 aromatic heterocycles. The van der Waals surface area contributed by atoms with Crippen LogP contribution in [0.2, 0.25) is 10.0 Å². The summed E-state index contributed by atoms with van der Waals surface area (Å²) >= 11 is 11.9. The van der Waals surface area contributed by atoms with Gasteiger partial charge in [-0.15, -0.1) is 0 Å². The monoisotopic (exact) mass is 437 g/mol. The average Bonchev–Trinajstić information content (AvgIpc) is 2.73. The molecule has 2 heterocycles. The lowest BCUT2D eigenvalue weighted by Gasteiger charge is -2.26. The van der Waals surface area contributed by atoms with Gasteiger partial charge in [0, 0.05) is 29.0 Å². The van der Waals surface area contributed by atoms with E-state index in [1.807, 2.05) is 0 Å². The van der Waals surface area contributed by atoms with Gasteiger partial charge in [0.2, 0.25) is 5.88 Å². The van der Waals surface area contributed by atoms with Crippen molar-refractivity contribution in [1.29, 1.82) is 5.26 Å². The molecule has 0 amide bonds. The lowest BCUT2D eigenvalue weighted by Crippen LogP contribution is -2.21. The Morgan fingerprint density at radius 1 is 1.13 bits per heavy atom. The van der Waals surface area contributed by atoms with E-state index in [4.69, 9.17) is 38.4 Å². The van der Waals surface area contributed by atoms with E-state index in [1.54, 1.807) is 48.8 Å². The Hall–Kier alpha value is -3.53. The molecular formula is C22H13Cl2N3O3. The van der Waals surface area contributed by atoms with Crippen LogP contribution in [0.3, 0.4) is 0 Å². The summed E-state index contributed by atoms with van der Waals surface area (Å²) in [6.07, 6.45) is 3.28. The standard InChI is InChI=1S/C22H13Cl2N3O3/c23-13-1-3-15(18(24)9-13)22(28)29-14-2-4-16-19(10-14)30-21(26)17(11-25)20(16)12-5-7-27-8-6-12/h1-10,20H,26H2. The van der Waals surface area contributed by atoms with E-state index in [1.165, 1.54) is 12.1 Å². The van der Waals surface area contributed by atoms with Crippen LogP contribution < -0.4 is 15.2 Å². The number of aromatic nitrogens is 1. The van der Waals surface area contributed by atoms with Crippen molar-refractivity contribution in [2.24, 2.45) is 5.73 Å². The van der Waals surface area contributed by atoms with Gasteiger partial charge in [-0.3, -0.25) is 4.98 Å². The highest BCUT2D eigenvalue weighted by molar-refractivity contribution is 6.36. The van der Waals surface area contributed by atoms with Gasteiger partial charge >= 0.3 is 5.97 Å². The lowest BCUT2D eigenvalue weighted by atomic mass is 9.84. The number of rotatable bonds is 3. The molecule has 148 valence electrons. The molecule has 8 heteroatoms. The van der Waals surface area contributed by atoms with Crippen molar-refractivity contribution in [2.45, 2.75) is 5.92 Å². The van der Waals surface area contributed by atoms with E-state index >= 15 is 0 Å². The summed E-state index contributed by atoms with van der Waals surface area (Å²) in [5.74, 6) is -0.431. The summed E-state index contributed by atoms with van der Waals surface area (Å²) < 4.78 is 11.1. The van der Waals surface area contributed by atoms with Gasteiger partial charge in [0.05, 0.1) is 16.5 Å². The Balaban J connectivity index is 1.68. The maximum Gasteiger partial charge on any atom is 0.345 e. The smallest absolute Gasteiger partial charge is 0.345 e. The first-order chi connectivity index (χ1) is 14.5. The molecule has 0 fully saturated rings. The topological polar surface area (TPSA) is 98.2 Å². The molecule has 1 aliphatic heterocycles. The molecule has 2 N–H and O–H groups in total. The molecular weight excluding hydrogens is 425 g/mol. The number of hydrogen-bond donors (Lipinski definition) is 1. The van der Waals surface area contributed by atoms with Crippen LogP contribution in [0.4, 0.5) is 0 Å². The van der Waals surface area contributed by atoms with Crippen molar-refractivity contribution in [3.8, 4) is 17.6 Å². The van der Waals surface area contributed by atoms with Crippen LogP contribution in [0.25, 0.3) is 0 Å². The number of carbonyl (C=O) groups excluding carboxylic acids is 1. The second-order valence-electron chi connectivity index (χ2n) is 6.42. The fourth-order valence-electron chi connectivity index (χ4n) is 3.22. The SMILES string of the molecule is N#CC1=C(N)Oc2cc(OC(=O)c3ccc(Cl)cc3Cl)ccc2C1c1ccncc1. The third kappa shape index (κ3) is 3.69. The van der Waals surface area contributed by atoms with Crippen LogP contribution in [-0.4, -0.2) is 11.0 Å². The van der Waals surface area contributed by atoms with Gasteiger partial charge in [0.1, 0.15) is 23.1 Å². The number of hydrogen-bond acceptors (Lipinski definition) is 6. The van der Waals surface area contributed by atoms with Gasteiger partial charge < -0.3 is 15.2 Å². The Morgan fingerprint density at radius 3 is 2.60 bits per heavy atom. The summed E-state index contributed by atoms with van der Waals surface area (Å²) in [7, 11) is 0. The fraction of sp³-hybridized carbons (Fsp3) is 0.0455. The molecule has 1 aliphatic rings. The van der Waals surface area contributed by atoms with Gasteiger partial charge in [-0.25, -0.2) is 4.79 Å². The number of nitrogens with zero attached hydrogens (tertiary/aromatic N) is 2. The number of nitrogens with two attached hydrogens (primary N) is 1. The summed E-state index contributed by atoms with van der Waals surface area (Å²) in [6, 6.07) is 15.1. The molecule has 2 aromatic carbocycles. The highest BCUT2D eigenvalue weighted by atomic mass is 35.5. The largest absolute Gasteiger partial charge is 0.440 e. The zero-order valence-electron chi connectivity index (χ0n) is 15.3. The van der Waals surface area contributed by atoms with Crippen LogP contribution >= 0.6 is 23.2 Å². The Kier molecular flexibility index (Phi) is 5.32. The quantitative estimate of drug-likeness (QED) is 0.465. The Morgan fingerprint density at radius 2 is 1.90 bits per heavy atom. The number of esters is 1. The van der Waals surface area contributed by atoms with Gasteiger partial charge in [-0.2, -0.15) is 5.26 Å². The first-order valence-electron chi connectivity index (χ1n) is 8.76. The zero-order valence-corrected chi connectivity index (χ0v) is 16.8. The van der Waals surface area contributed by atoms with Gasteiger partial charge in [-0.05, 0) is 42.0 Å². The number of fused-ring (bicyclic) bond motifs is 1.